The molecule has 1 heterocycles. The Hall–Kier alpha value is -1.44. The van der Waals surface area contributed by atoms with Crippen LogP contribution in [0.2, 0.25) is 0 Å². The third kappa shape index (κ3) is 3.70. The molecule has 1 aliphatic heterocycles. The molecule has 2 heteroatoms. The van der Waals surface area contributed by atoms with Crippen LogP contribution in [0.3, 0.4) is 0 Å². The third-order valence-electron chi connectivity index (χ3n) is 13.9. The van der Waals surface area contributed by atoms with E-state index < -0.39 is 0 Å². The van der Waals surface area contributed by atoms with Gasteiger partial charge in [-0.3, -0.25) is 0 Å². The molecule has 210 valence electrons. The van der Waals surface area contributed by atoms with E-state index in [9.17, 15) is 5.11 Å². The van der Waals surface area contributed by atoms with Crippen molar-refractivity contribution in [2.75, 3.05) is 0 Å². The number of phenols is 1. The van der Waals surface area contributed by atoms with Crippen molar-refractivity contribution in [3.05, 3.63) is 35.4 Å². The highest BCUT2D eigenvalue weighted by Crippen LogP contribution is 2.68. The van der Waals surface area contributed by atoms with Crippen molar-refractivity contribution < 1.29 is 9.84 Å². The standard InChI is InChI=1S/C36H54O2/c1-24-12-14-28-29(10-8-17-32(28,3)4)34(24,6)21-20-33(5)18-9-11-31-35(7)23-26-22-27(37)13-15-30(26)38-36(31,33)19-16-25(35)2/h10,13,15,22,24-25,28,31,37H,8-9,11-12,14,16-21,23H2,1-7H3/t24-,25+,28-,31-,33-,34+,35+,36-/m0/s1. The lowest BCUT2D eigenvalue weighted by Gasteiger charge is -2.64. The van der Waals surface area contributed by atoms with Gasteiger partial charge in [0.05, 0.1) is 0 Å². The summed E-state index contributed by atoms with van der Waals surface area (Å²) in [6, 6.07) is 5.91. The van der Waals surface area contributed by atoms with Crippen LogP contribution in [0.5, 0.6) is 11.5 Å². The molecule has 4 aliphatic carbocycles. The van der Waals surface area contributed by atoms with Crippen LogP contribution in [-0.2, 0) is 6.42 Å². The molecule has 8 atom stereocenters. The smallest absolute Gasteiger partial charge is 0.123 e. The van der Waals surface area contributed by atoms with Crippen molar-refractivity contribution in [1.82, 2.24) is 0 Å². The first-order valence-electron chi connectivity index (χ1n) is 16.1. The van der Waals surface area contributed by atoms with Crippen LogP contribution < -0.4 is 4.74 Å². The topological polar surface area (TPSA) is 29.5 Å². The lowest BCUT2D eigenvalue weighted by atomic mass is 9.43. The SMILES string of the molecule is C[C@@H]1CC[C@]23Oc4ccc(O)cc4C[C@@]1(C)[C@@H]2CCC[C@@]3(C)CC[C@@]1(C)C2=CCCC(C)(C)[C@H]2CC[C@@H]1C. The van der Waals surface area contributed by atoms with Crippen LogP contribution in [-0.4, -0.2) is 10.7 Å². The fourth-order valence-electron chi connectivity index (χ4n) is 10.8. The Morgan fingerprint density at radius 2 is 1.68 bits per heavy atom. The Labute approximate surface area is 233 Å². The van der Waals surface area contributed by atoms with Gasteiger partial charge in [-0.15, -0.1) is 0 Å². The molecule has 6 rings (SSSR count). The predicted octanol–water partition coefficient (Wildman–Crippen LogP) is 9.89. The van der Waals surface area contributed by atoms with Gasteiger partial charge in [-0.25, -0.2) is 0 Å². The molecule has 1 aromatic rings. The van der Waals surface area contributed by atoms with Gasteiger partial charge in [0.2, 0.25) is 0 Å². The quantitative estimate of drug-likeness (QED) is 0.403. The minimum absolute atomic E-state index is 0.109. The maximum atomic E-state index is 10.4. The Bertz CT molecular complexity index is 1120. The van der Waals surface area contributed by atoms with E-state index in [1.54, 1.807) is 0 Å². The molecule has 0 unspecified atom stereocenters. The number of phenolic OH excluding ortho intramolecular Hbond substituents is 1. The summed E-state index contributed by atoms with van der Waals surface area (Å²) in [5.74, 6) is 4.17. The minimum Gasteiger partial charge on any atom is -0.508 e. The van der Waals surface area contributed by atoms with E-state index >= 15 is 0 Å². The van der Waals surface area contributed by atoms with Crippen LogP contribution >= 0.6 is 0 Å². The van der Waals surface area contributed by atoms with Crippen LogP contribution in [0.1, 0.15) is 125 Å². The van der Waals surface area contributed by atoms with E-state index in [4.69, 9.17) is 4.74 Å². The van der Waals surface area contributed by atoms with Gasteiger partial charge in [0.25, 0.3) is 0 Å². The maximum Gasteiger partial charge on any atom is 0.123 e. The summed E-state index contributed by atoms with van der Waals surface area (Å²) in [7, 11) is 0. The van der Waals surface area contributed by atoms with Gasteiger partial charge in [0.1, 0.15) is 17.1 Å². The molecule has 0 radical (unpaired) electrons. The van der Waals surface area contributed by atoms with Gasteiger partial charge >= 0.3 is 0 Å². The fraction of sp³-hybridized carbons (Fsp3) is 0.778. The first-order valence-corrected chi connectivity index (χ1v) is 16.1. The van der Waals surface area contributed by atoms with Crippen LogP contribution in [0, 0.1) is 45.3 Å². The zero-order valence-electron chi connectivity index (χ0n) is 25.5. The highest BCUT2D eigenvalue weighted by atomic mass is 16.5. The minimum atomic E-state index is -0.109. The van der Waals surface area contributed by atoms with Crippen LogP contribution in [0.25, 0.3) is 0 Å². The first-order chi connectivity index (χ1) is 17.8. The molecule has 0 saturated heterocycles. The molecule has 5 aliphatic rings. The average Bonchev–Trinajstić information content (AvgIpc) is 2.94. The molecule has 3 fully saturated rings. The van der Waals surface area contributed by atoms with E-state index in [-0.39, 0.29) is 16.4 Å². The molecular formula is C36H54O2. The average molecular weight is 519 g/mol. The zero-order valence-corrected chi connectivity index (χ0v) is 25.5. The Balaban J connectivity index is 1.38. The number of allylic oxidation sites excluding steroid dienone is 2. The van der Waals surface area contributed by atoms with Gasteiger partial charge in [-0.1, -0.05) is 66.5 Å². The summed E-state index contributed by atoms with van der Waals surface area (Å²) in [6.07, 6.45) is 17.9. The summed E-state index contributed by atoms with van der Waals surface area (Å²) in [6.45, 7) is 17.9. The van der Waals surface area contributed by atoms with Crippen molar-refractivity contribution in [3.63, 3.8) is 0 Å². The first kappa shape index (κ1) is 26.8. The third-order valence-corrected chi connectivity index (χ3v) is 13.9. The molecule has 0 amide bonds. The number of rotatable bonds is 3. The van der Waals surface area contributed by atoms with Gasteiger partial charge in [-0.2, -0.15) is 0 Å². The lowest BCUT2D eigenvalue weighted by molar-refractivity contribution is -0.198. The molecule has 2 nitrogen and oxygen atoms in total. The Kier molecular flexibility index (Phi) is 6.18. The van der Waals surface area contributed by atoms with Gasteiger partial charge < -0.3 is 9.84 Å². The van der Waals surface area contributed by atoms with Crippen molar-refractivity contribution in [2.45, 2.75) is 131 Å². The second-order valence-corrected chi connectivity index (χ2v) is 16.0. The largest absolute Gasteiger partial charge is 0.508 e. The second kappa shape index (κ2) is 8.78. The highest BCUT2D eigenvalue weighted by Gasteiger charge is 2.66. The van der Waals surface area contributed by atoms with Crippen molar-refractivity contribution in [2.24, 2.45) is 45.3 Å². The Morgan fingerprint density at radius 1 is 0.895 bits per heavy atom. The maximum absolute atomic E-state index is 10.4. The lowest BCUT2D eigenvalue weighted by Crippen LogP contribution is -2.65. The van der Waals surface area contributed by atoms with Crippen LogP contribution in [0.15, 0.2) is 29.8 Å². The van der Waals surface area contributed by atoms with Gasteiger partial charge in [0.15, 0.2) is 0 Å². The molecule has 3 saturated carbocycles. The van der Waals surface area contributed by atoms with Crippen molar-refractivity contribution >= 4 is 0 Å². The van der Waals surface area contributed by atoms with Crippen molar-refractivity contribution in [1.29, 1.82) is 0 Å². The number of ether oxygens (including phenoxy) is 1. The van der Waals surface area contributed by atoms with Crippen LogP contribution in [0.4, 0.5) is 0 Å². The summed E-state index contributed by atoms with van der Waals surface area (Å²) in [5, 5.41) is 10.4. The summed E-state index contributed by atoms with van der Waals surface area (Å²) < 4.78 is 7.42. The normalized spacial score (nSPS) is 45.5. The van der Waals surface area contributed by atoms with E-state index in [0.29, 0.717) is 28.4 Å². The summed E-state index contributed by atoms with van der Waals surface area (Å²) in [5.41, 5.74) is 4.04. The Morgan fingerprint density at radius 3 is 2.47 bits per heavy atom. The molecule has 2 bridgehead atoms. The van der Waals surface area contributed by atoms with E-state index in [1.807, 2.05) is 17.7 Å². The molecule has 1 aromatic carbocycles. The second-order valence-electron chi connectivity index (χ2n) is 16.0. The zero-order chi connectivity index (χ0) is 27.1. The number of fused-ring (bicyclic) bond motifs is 2. The van der Waals surface area contributed by atoms with Gasteiger partial charge in [0, 0.05) is 11.3 Å². The molecule has 0 aromatic heterocycles. The monoisotopic (exact) mass is 518 g/mol. The summed E-state index contributed by atoms with van der Waals surface area (Å²) >= 11 is 0. The number of hydrogen-bond acceptors (Lipinski definition) is 2. The van der Waals surface area contributed by atoms with E-state index in [0.717, 1.165) is 24.0 Å². The number of hydrogen-bond donors (Lipinski definition) is 1. The van der Waals surface area contributed by atoms with E-state index in [1.165, 1.54) is 76.2 Å². The highest BCUT2D eigenvalue weighted by molar-refractivity contribution is 5.43. The van der Waals surface area contributed by atoms with E-state index in [2.05, 4.69) is 60.6 Å². The summed E-state index contributed by atoms with van der Waals surface area (Å²) in [4.78, 5) is 0. The molecule has 1 N–H and O–H groups in total. The predicted molar refractivity (Wildman–Crippen MR) is 157 cm³/mol. The van der Waals surface area contributed by atoms with Crippen molar-refractivity contribution in [3.8, 4) is 11.5 Å². The number of benzene rings is 1. The van der Waals surface area contributed by atoms with Gasteiger partial charge in [-0.05, 0) is 128 Å². The fourth-order valence-corrected chi connectivity index (χ4v) is 10.8. The number of aromatic hydroxyl groups is 1. The molecule has 0 spiro atoms. The molecule has 38 heavy (non-hydrogen) atoms. The molecular weight excluding hydrogens is 464 g/mol.